The highest BCUT2D eigenvalue weighted by Crippen LogP contribution is 2.65. The highest BCUT2D eigenvalue weighted by atomic mass is 79.9. The van der Waals surface area contributed by atoms with Crippen molar-refractivity contribution < 1.29 is 32.3 Å². The summed E-state index contributed by atoms with van der Waals surface area (Å²) in [5.41, 5.74) is 0. The molecule has 10 nitrogen and oxygen atoms in total. The van der Waals surface area contributed by atoms with Gasteiger partial charge in [-0.15, -0.1) is 35.0 Å². The number of thioether (sulfide) groups is 1. The number of aliphatic imine (C=N–C) groups is 1. The van der Waals surface area contributed by atoms with E-state index in [2.05, 4.69) is 31.6 Å². The van der Waals surface area contributed by atoms with Crippen LogP contribution in [0.1, 0.15) is 26.2 Å². The summed E-state index contributed by atoms with van der Waals surface area (Å²) >= 11 is 17.5. The van der Waals surface area contributed by atoms with E-state index < -0.39 is 68.9 Å². The Labute approximate surface area is 261 Å². The van der Waals surface area contributed by atoms with E-state index in [-0.39, 0.29) is 36.5 Å². The van der Waals surface area contributed by atoms with Crippen LogP contribution in [0.25, 0.3) is 0 Å². The second-order valence-electron chi connectivity index (χ2n) is 11.4. The predicted molar refractivity (Wildman–Crippen MR) is 152 cm³/mol. The van der Waals surface area contributed by atoms with Crippen molar-refractivity contribution in [3.05, 3.63) is 10.7 Å². The van der Waals surface area contributed by atoms with Gasteiger partial charge in [0.15, 0.2) is 0 Å². The van der Waals surface area contributed by atoms with Crippen LogP contribution >= 0.6 is 50.9 Å². The van der Waals surface area contributed by atoms with Crippen LogP contribution in [0.2, 0.25) is 0 Å². The minimum absolute atomic E-state index is 0.0431. The van der Waals surface area contributed by atoms with Crippen LogP contribution in [0.4, 0.5) is 13.2 Å². The van der Waals surface area contributed by atoms with Crippen molar-refractivity contribution in [2.45, 2.75) is 64.8 Å². The maximum Gasteiger partial charge on any atom is 0.471 e. The number of nitrogens with one attached hydrogen (secondary N) is 3. The standard InChI is InChI=1S/C25H26BrCl2F3N6O4S/c1-23(5-11-7-33-8-14(26)17(11)42-23)18(36-22(41)25(29,30)31)21(40)37-9-13-15(24(13,27)28)16(37)20(39)35-12(6-32)4-10-2-3-34-19(10)38/h7-8,10-13,15-18H,2-5,9H2,1H3,(H,34,38)(H,35,39)(H,36,41)/t10-,11?,12-,13-,15-,16-,17?,18+,23?/m0/s1. The number of likely N-dealkylation sites (tertiary alicyclic amines) is 1. The number of carbonyl (C=O) groups excluding carboxylic acids is 4. The lowest BCUT2D eigenvalue weighted by Gasteiger charge is -2.38. The smallest absolute Gasteiger partial charge is 0.356 e. The summed E-state index contributed by atoms with van der Waals surface area (Å²) in [5.74, 6) is -6.15. The molecular weight excluding hydrogens is 688 g/mol. The highest BCUT2D eigenvalue weighted by molar-refractivity contribution is 9.11. The molecule has 4 fully saturated rings. The number of piperidine rings is 1. The number of halogens is 6. The average Bonchev–Trinajstić information content (AvgIpc) is 3.38. The normalized spacial score (nSPS) is 35.7. The number of rotatable bonds is 7. The topological polar surface area (TPSA) is 144 Å². The van der Waals surface area contributed by atoms with Crippen LogP contribution in [0.5, 0.6) is 0 Å². The Bertz CT molecular complexity index is 1310. The summed E-state index contributed by atoms with van der Waals surface area (Å²) in [7, 11) is 0. The first-order chi connectivity index (χ1) is 19.6. The fourth-order valence-electron chi connectivity index (χ4n) is 6.42. The third-order valence-corrected chi connectivity index (χ3v) is 12.5. The molecule has 17 heteroatoms. The molecule has 4 amide bonds. The molecule has 42 heavy (non-hydrogen) atoms. The molecule has 4 aliphatic heterocycles. The third-order valence-electron chi connectivity index (χ3n) is 8.60. The van der Waals surface area contributed by atoms with Gasteiger partial charge in [-0.3, -0.25) is 24.2 Å². The summed E-state index contributed by atoms with van der Waals surface area (Å²) in [5, 5.41) is 16.6. The molecular formula is C25H26BrCl2F3N6O4S. The average molecular weight is 714 g/mol. The van der Waals surface area contributed by atoms with E-state index in [0.29, 0.717) is 17.4 Å². The molecule has 0 aromatic rings. The number of nitriles is 1. The molecule has 5 aliphatic rings. The zero-order valence-corrected chi connectivity index (χ0v) is 25.9. The van der Waals surface area contributed by atoms with Crippen LogP contribution in [0, 0.1) is 35.0 Å². The SMILES string of the molecule is CC1([C@H](NC(=O)C(F)(F)F)C(=O)N2C[C@H]3[C@@H]([C@H]2C(=O)N[C@H](C#N)C[C@@H]2CCNC2=O)C3(Cl)Cl)CC2C=NC=C(Br)C2S1. The molecule has 0 spiro atoms. The Kier molecular flexibility index (Phi) is 8.35. The summed E-state index contributed by atoms with van der Waals surface area (Å²) in [4.78, 5) is 57.2. The van der Waals surface area contributed by atoms with E-state index in [0.717, 1.165) is 4.90 Å². The summed E-state index contributed by atoms with van der Waals surface area (Å²) in [6, 6.07) is -2.09. The second-order valence-corrected chi connectivity index (χ2v) is 15.4. The zero-order valence-electron chi connectivity index (χ0n) is 22.0. The molecule has 1 aliphatic carbocycles. The van der Waals surface area contributed by atoms with Crippen molar-refractivity contribution in [1.82, 2.24) is 20.9 Å². The van der Waals surface area contributed by atoms with Gasteiger partial charge in [-0.1, -0.05) is 15.9 Å². The molecule has 0 aromatic heterocycles. The van der Waals surface area contributed by atoms with Crippen LogP contribution in [0.3, 0.4) is 0 Å². The molecule has 0 bridgehead atoms. The molecule has 0 aromatic carbocycles. The van der Waals surface area contributed by atoms with Crippen LogP contribution in [0.15, 0.2) is 15.7 Å². The van der Waals surface area contributed by atoms with Crippen molar-refractivity contribution in [3.63, 3.8) is 0 Å². The van der Waals surface area contributed by atoms with Crippen LogP contribution < -0.4 is 16.0 Å². The van der Waals surface area contributed by atoms with Gasteiger partial charge in [-0.25, -0.2) is 0 Å². The van der Waals surface area contributed by atoms with Gasteiger partial charge in [-0.2, -0.15) is 18.4 Å². The van der Waals surface area contributed by atoms with E-state index in [4.69, 9.17) is 23.2 Å². The lowest BCUT2D eigenvalue weighted by atomic mass is 9.87. The van der Waals surface area contributed by atoms with Gasteiger partial charge >= 0.3 is 12.1 Å². The Hall–Kier alpha value is -2.02. The van der Waals surface area contributed by atoms with Crippen molar-refractivity contribution in [2.75, 3.05) is 13.1 Å². The molecule has 4 heterocycles. The van der Waals surface area contributed by atoms with E-state index in [1.54, 1.807) is 19.3 Å². The van der Waals surface area contributed by atoms with E-state index in [1.165, 1.54) is 11.8 Å². The van der Waals surface area contributed by atoms with Crippen molar-refractivity contribution in [3.8, 4) is 6.07 Å². The Morgan fingerprint density at radius 3 is 2.67 bits per heavy atom. The van der Waals surface area contributed by atoms with Crippen molar-refractivity contribution in [2.24, 2.45) is 28.7 Å². The Morgan fingerprint density at radius 2 is 2.07 bits per heavy atom. The number of fused-ring (bicyclic) bond motifs is 2. The number of amides is 4. The lowest BCUT2D eigenvalue weighted by Crippen LogP contribution is -2.63. The molecule has 5 rings (SSSR count). The minimum atomic E-state index is -5.26. The first-order valence-corrected chi connectivity index (χ1v) is 15.6. The summed E-state index contributed by atoms with van der Waals surface area (Å²) < 4.78 is 38.4. The molecule has 3 saturated heterocycles. The number of nitrogens with zero attached hydrogens (tertiary/aromatic N) is 3. The first kappa shape index (κ1) is 31.4. The Morgan fingerprint density at radius 1 is 1.36 bits per heavy atom. The van der Waals surface area contributed by atoms with Gasteiger partial charge in [-0.05, 0) is 26.2 Å². The molecule has 3 N–H and O–H groups in total. The van der Waals surface area contributed by atoms with Crippen LogP contribution in [-0.4, -0.2) is 86.5 Å². The number of hydrogen-bond acceptors (Lipinski definition) is 7. The van der Waals surface area contributed by atoms with E-state index in [1.807, 2.05) is 11.4 Å². The fraction of sp³-hybridized carbons (Fsp3) is 0.680. The molecule has 3 unspecified atom stereocenters. The molecule has 228 valence electrons. The zero-order chi connectivity index (χ0) is 30.8. The van der Waals surface area contributed by atoms with Gasteiger partial charge in [0.25, 0.3) is 0 Å². The van der Waals surface area contributed by atoms with E-state index in [9.17, 15) is 37.6 Å². The summed E-state index contributed by atoms with van der Waals surface area (Å²) in [6.45, 7) is 1.92. The quantitative estimate of drug-likeness (QED) is 0.346. The van der Waals surface area contributed by atoms with Gasteiger partial charge in [0, 0.05) is 63.7 Å². The van der Waals surface area contributed by atoms with Crippen molar-refractivity contribution in [1.29, 1.82) is 5.26 Å². The Balaban J connectivity index is 1.41. The molecule has 9 atom stereocenters. The van der Waals surface area contributed by atoms with Gasteiger partial charge in [0.1, 0.15) is 22.5 Å². The number of alkyl halides is 5. The lowest BCUT2D eigenvalue weighted by molar-refractivity contribution is -0.175. The van der Waals surface area contributed by atoms with Crippen LogP contribution in [-0.2, 0) is 19.2 Å². The van der Waals surface area contributed by atoms with Gasteiger partial charge in [0.2, 0.25) is 17.7 Å². The minimum Gasteiger partial charge on any atom is -0.356 e. The molecule has 0 radical (unpaired) electrons. The predicted octanol–water partition coefficient (Wildman–Crippen LogP) is 2.40. The fourth-order valence-corrected chi connectivity index (χ4v) is 9.66. The second kappa shape index (κ2) is 11.2. The maximum absolute atomic E-state index is 14.1. The van der Waals surface area contributed by atoms with Gasteiger partial charge in [0.05, 0.1) is 6.07 Å². The monoisotopic (exact) mass is 712 g/mol. The largest absolute Gasteiger partial charge is 0.471 e. The molecule has 1 saturated carbocycles. The summed E-state index contributed by atoms with van der Waals surface area (Å²) in [6.07, 6.45) is -1.28. The third kappa shape index (κ3) is 5.64. The first-order valence-electron chi connectivity index (χ1n) is 13.2. The maximum atomic E-state index is 14.1. The number of carbonyl (C=O) groups is 4. The van der Waals surface area contributed by atoms with Gasteiger partial charge < -0.3 is 20.9 Å². The van der Waals surface area contributed by atoms with E-state index >= 15 is 0 Å². The van der Waals surface area contributed by atoms with Crippen molar-refractivity contribution >= 4 is 80.7 Å². The number of hydrogen-bond donors (Lipinski definition) is 3. The highest BCUT2D eigenvalue weighted by Gasteiger charge is 2.74.